The van der Waals surface area contributed by atoms with Gasteiger partial charge in [0.25, 0.3) is 5.91 Å². The molecule has 4 aromatic rings. The molecule has 5 nitrogen and oxygen atoms in total. The molecular formula is C28H23ClN2O3. The van der Waals surface area contributed by atoms with Crippen LogP contribution in [0.4, 0.5) is 5.69 Å². The van der Waals surface area contributed by atoms with Gasteiger partial charge in [0.05, 0.1) is 21.8 Å². The molecule has 1 N–H and O–H groups in total. The maximum atomic E-state index is 13.3. The monoisotopic (exact) mass is 470 g/mol. The van der Waals surface area contributed by atoms with Crippen LogP contribution < -0.4 is 5.32 Å². The van der Waals surface area contributed by atoms with Gasteiger partial charge < -0.3 is 10.1 Å². The van der Waals surface area contributed by atoms with Gasteiger partial charge in [-0.15, -0.1) is 0 Å². The Bertz CT molecular complexity index is 1370. The fraction of sp³-hybridized carbons (Fsp3) is 0.179. The number of benzene rings is 3. The molecule has 170 valence electrons. The van der Waals surface area contributed by atoms with Crippen LogP contribution in [0.2, 0.25) is 5.02 Å². The van der Waals surface area contributed by atoms with Gasteiger partial charge in [0.15, 0.2) is 6.61 Å². The molecule has 1 heterocycles. The van der Waals surface area contributed by atoms with E-state index in [9.17, 15) is 9.59 Å². The van der Waals surface area contributed by atoms with Gasteiger partial charge in [-0.3, -0.25) is 9.78 Å². The molecule has 5 rings (SSSR count). The quantitative estimate of drug-likeness (QED) is 0.365. The molecule has 0 saturated heterocycles. The lowest BCUT2D eigenvalue weighted by Crippen LogP contribution is -2.24. The summed E-state index contributed by atoms with van der Waals surface area (Å²) in [5.41, 5.74) is 4.83. The minimum absolute atomic E-state index is 0.298. The summed E-state index contributed by atoms with van der Waals surface area (Å²) in [6.07, 6.45) is 2.46. The molecule has 1 amide bonds. The van der Waals surface area contributed by atoms with Gasteiger partial charge in [-0.25, -0.2) is 4.79 Å². The van der Waals surface area contributed by atoms with E-state index in [0.29, 0.717) is 28.6 Å². The van der Waals surface area contributed by atoms with Crippen molar-refractivity contribution in [3.05, 3.63) is 106 Å². The van der Waals surface area contributed by atoms with E-state index >= 15 is 0 Å². The number of para-hydroxylation sites is 2. The smallest absolute Gasteiger partial charge is 0.339 e. The zero-order valence-corrected chi connectivity index (χ0v) is 19.2. The molecular weight excluding hydrogens is 448 g/mol. The molecule has 0 fully saturated rings. The van der Waals surface area contributed by atoms with Crippen LogP contribution in [-0.4, -0.2) is 23.5 Å². The Balaban J connectivity index is 1.42. The van der Waals surface area contributed by atoms with Gasteiger partial charge in [0.1, 0.15) is 0 Å². The number of hydrogen-bond donors (Lipinski definition) is 1. The molecule has 0 saturated carbocycles. The Hall–Kier alpha value is -3.70. The minimum Gasteiger partial charge on any atom is -0.452 e. The van der Waals surface area contributed by atoms with Crippen molar-refractivity contribution < 1.29 is 14.3 Å². The highest BCUT2D eigenvalue weighted by atomic mass is 35.5. The summed E-state index contributed by atoms with van der Waals surface area (Å²) in [6.45, 7) is -0.405. The molecule has 1 atom stereocenters. The van der Waals surface area contributed by atoms with Crippen molar-refractivity contribution >= 4 is 40.1 Å². The van der Waals surface area contributed by atoms with Crippen LogP contribution in [0.1, 0.15) is 39.5 Å². The van der Waals surface area contributed by atoms with E-state index in [4.69, 9.17) is 21.3 Å². The number of aromatic nitrogens is 1. The molecule has 0 aliphatic heterocycles. The van der Waals surface area contributed by atoms with Crippen LogP contribution in [0.15, 0.2) is 78.9 Å². The number of nitrogens with zero attached hydrogens (tertiary/aromatic N) is 1. The summed E-state index contributed by atoms with van der Waals surface area (Å²) in [7, 11) is 0. The molecule has 0 radical (unpaired) electrons. The van der Waals surface area contributed by atoms with Crippen LogP contribution in [0.5, 0.6) is 0 Å². The Labute approximate surface area is 202 Å². The summed E-state index contributed by atoms with van der Waals surface area (Å²) in [5.74, 6) is -0.666. The summed E-state index contributed by atoms with van der Waals surface area (Å²) in [6, 6.07) is 24.8. The zero-order chi connectivity index (χ0) is 23.5. The highest BCUT2D eigenvalue weighted by Crippen LogP contribution is 2.36. The van der Waals surface area contributed by atoms with Crippen LogP contribution in [0.3, 0.4) is 0 Å². The van der Waals surface area contributed by atoms with E-state index in [0.717, 1.165) is 35.0 Å². The number of pyridine rings is 1. The number of esters is 1. The number of amides is 1. The van der Waals surface area contributed by atoms with Crippen LogP contribution >= 0.6 is 11.6 Å². The standard InChI is InChI=1S/C28H23ClN2O3/c29-22-11-5-7-13-25(22)31-26(32)17-34-28(33)27-20-10-4-6-12-23(20)30-24-15-14-19(16-21(24)27)18-8-2-1-3-9-18/h1-13,19H,14-17H2,(H,31,32). The van der Waals surface area contributed by atoms with Crippen molar-refractivity contribution in [1.82, 2.24) is 4.98 Å². The lowest BCUT2D eigenvalue weighted by Gasteiger charge is -2.26. The highest BCUT2D eigenvalue weighted by molar-refractivity contribution is 6.33. The van der Waals surface area contributed by atoms with E-state index in [1.165, 1.54) is 5.56 Å². The Morgan fingerprint density at radius 2 is 1.71 bits per heavy atom. The summed E-state index contributed by atoms with van der Waals surface area (Å²) in [5, 5.41) is 3.85. The van der Waals surface area contributed by atoms with Crippen molar-refractivity contribution in [3.63, 3.8) is 0 Å². The highest BCUT2D eigenvalue weighted by Gasteiger charge is 2.28. The second-order valence-electron chi connectivity index (χ2n) is 8.38. The third kappa shape index (κ3) is 4.52. The normalized spacial score (nSPS) is 14.9. The second kappa shape index (κ2) is 9.65. The van der Waals surface area contributed by atoms with Gasteiger partial charge in [0, 0.05) is 11.1 Å². The number of ether oxygens (including phenoxy) is 1. The maximum Gasteiger partial charge on any atom is 0.339 e. The number of hydrogen-bond acceptors (Lipinski definition) is 4. The Morgan fingerprint density at radius 3 is 2.53 bits per heavy atom. The predicted octanol–water partition coefficient (Wildman–Crippen LogP) is 5.96. The molecule has 1 unspecified atom stereocenters. The van der Waals surface area contributed by atoms with Gasteiger partial charge in [-0.1, -0.05) is 72.3 Å². The van der Waals surface area contributed by atoms with Crippen molar-refractivity contribution in [1.29, 1.82) is 0 Å². The molecule has 1 aliphatic rings. The summed E-state index contributed by atoms with van der Waals surface area (Å²) in [4.78, 5) is 30.6. The summed E-state index contributed by atoms with van der Waals surface area (Å²) >= 11 is 6.11. The fourth-order valence-electron chi connectivity index (χ4n) is 4.58. The number of halogens is 1. The van der Waals surface area contributed by atoms with Crippen LogP contribution in [-0.2, 0) is 22.4 Å². The number of anilines is 1. The van der Waals surface area contributed by atoms with E-state index in [1.807, 2.05) is 42.5 Å². The predicted molar refractivity (Wildman–Crippen MR) is 133 cm³/mol. The maximum absolute atomic E-state index is 13.3. The first kappa shape index (κ1) is 22.1. The zero-order valence-electron chi connectivity index (χ0n) is 18.5. The lowest BCUT2D eigenvalue weighted by molar-refractivity contribution is -0.119. The molecule has 1 aromatic heterocycles. The van der Waals surface area contributed by atoms with E-state index < -0.39 is 18.5 Å². The molecule has 0 bridgehead atoms. The Kier molecular flexibility index (Phi) is 6.28. The van der Waals surface area contributed by atoms with Gasteiger partial charge in [-0.2, -0.15) is 0 Å². The second-order valence-corrected chi connectivity index (χ2v) is 8.79. The molecule has 6 heteroatoms. The minimum atomic E-state index is -0.516. The van der Waals surface area contributed by atoms with Gasteiger partial charge in [-0.05, 0) is 54.5 Å². The number of nitrogens with one attached hydrogen (secondary N) is 1. The number of rotatable bonds is 5. The number of fused-ring (bicyclic) bond motifs is 2. The van der Waals surface area contributed by atoms with Crippen molar-refractivity contribution in [2.24, 2.45) is 0 Å². The molecule has 0 spiro atoms. The summed E-state index contributed by atoms with van der Waals surface area (Å²) < 4.78 is 5.50. The number of carbonyl (C=O) groups is 2. The average molecular weight is 471 g/mol. The average Bonchev–Trinajstić information content (AvgIpc) is 2.87. The Morgan fingerprint density at radius 1 is 0.971 bits per heavy atom. The van der Waals surface area contributed by atoms with Crippen molar-refractivity contribution in [3.8, 4) is 0 Å². The topological polar surface area (TPSA) is 68.3 Å². The largest absolute Gasteiger partial charge is 0.452 e. The number of carbonyl (C=O) groups excluding carboxylic acids is 2. The van der Waals surface area contributed by atoms with Gasteiger partial charge >= 0.3 is 5.97 Å². The molecule has 3 aromatic carbocycles. The number of aryl methyl sites for hydroxylation is 1. The SMILES string of the molecule is O=C(COC(=O)c1c2c(nc3ccccc13)CCC(c1ccccc1)C2)Nc1ccccc1Cl. The first-order chi connectivity index (χ1) is 16.6. The van der Waals surface area contributed by atoms with E-state index in [1.54, 1.807) is 24.3 Å². The fourth-order valence-corrected chi connectivity index (χ4v) is 4.77. The van der Waals surface area contributed by atoms with Gasteiger partial charge in [0.2, 0.25) is 0 Å². The first-order valence-corrected chi connectivity index (χ1v) is 11.6. The molecule has 34 heavy (non-hydrogen) atoms. The first-order valence-electron chi connectivity index (χ1n) is 11.3. The van der Waals surface area contributed by atoms with Crippen LogP contribution in [0, 0.1) is 0 Å². The third-order valence-corrected chi connectivity index (χ3v) is 6.55. The van der Waals surface area contributed by atoms with Crippen molar-refractivity contribution in [2.45, 2.75) is 25.2 Å². The van der Waals surface area contributed by atoms with E-state index in [2.05, 4.69) is 17.4 Å². The third-order valence-electron chi connectivity index (χ3n) is 6.22. The van der Waals surface area contributed by atoms with Crippen LogP contribution in [0.25, 0.3) is 10.9 Å². The van der Waals surface area contributed by atoms with Crippen molar-refractivity contribution in [2.75, 3.05) is 11.9 Å². The molecule has 1 aliphatic carbocycles. The lowest BCUT2D eigenvalue weighted by atomic mass is 9.80. The van der Waals surface area contributed by atoms with E-state index in [-0.39, 0.29) is 0 Å².